The first kappa shape index (κ1) is 12.0. The van der Waals surface area contributed by atoms with Gasteiger partial charge in [-0.1, -0.05) is 0 Å². The standard InChI is InChI=1S/C12H17N3O2S/c1-14-4-3-10(13-14)11(16)15-7-12(8-15)5-9(17-2)6-18-12/h3-4,9H,5-8H2,1-2H3/t9-/m0/s1. The molecule has 6 heteroatoms. The van der Waals surface area contributed by atoms with E-state index < -0.39 is 0 Å². The van der Waals surface area contributed by atoms with Crippen molar-refractivity contribution in [1.82, 2.24) is 14.7 Å². The summed E-state index contributed by atoms with van der Waals surface area (Å²) >= 11 is 1.94. The molecule has 0 aliphatic carbocycles. The maximum atomic E-state index is 12.1. The molecule has 0 N–H and O–H groups in total. The molecule has 5 nitrogen and oxygen atoms in total. The molecule has 2 fully saturated rings. The summed E-state index contributed by atoms with van der Waals surface area (Å²) in [6, 6.07) is 1.77. The number of aryl methyl sites for hydroxylation is 1. The molecule has 0 saturated carbocycles. The fourth-order valence-corrected chi connectivity index (χ4v) is 4.25. The molecule has 18 heavy (non-hydrogen) atoms. The average Bonchev–Trinajstić information content (AvgIpc) is 2.92. The Hall–Kier alpha value is -1.01. The Morgan fingerprint density at radius 3 is 2.94 bits per heavy atom. The Morgan fingerprint density at radius 1 is 1.61 bits per heavy atom. The van der Waals surface area contributed by atoms with Crippen LogP contribution >= 0.6 is 11.8 Å². The second kappa shape index (κ2) is 4.28. The highest BCUT2D eigenvalue weighted by Gasteiger charge is 2.51. The summed E-state index contributed by atoms with van der Waals surface area (Å²) in [5, 5.41) is 4.15. The zero-order valence-electron chi connectivity index (χ0n) is 10.6. The predicted octanol–water partition coefficient (Wildman–Crippen LogP) is 0.767. The normalized spacial score (nSPS) is 25.4. The molecule has 1 atom stereocenters. The molecule has 0 bridgehead atoms. The van der Waals surface area contributed by atoms with Crippen molar-refractivity contribution in [3.8, 4) is 0 Å². The lowest BCUT2D eigenvalue weighted by Gasteiger charge is -2.47. The lowest BCUT2D eigenvalue weighted by molar-refractivity contribution is 0.0446. The van der Waals surface area contributed by atoms with E-state index >= 15 is 0 Å². The maximum Gasteiger partial charge on any atom is 0.274 e. The predicted molar refractivity (Wildman–Crippen MR) is 69.7 cm³/mol. The third kappa shape index (κ3) is 1.93. The van der Waals surface area contributed by atoms with E-state index in [1.807, 2.05) is 23.7 Å². The van der Waals surface area contributed by atoms with E-state index in [4.69, 9.17) is 4.74 Å². The molecule has 0 radical (unpaired) electrons. The summed E-state index contributed by atoms with van der Waals surface area (Å²) in [5.41, 5.74) is 0.540. The number of likely N-dealkylation sites (tertiary alicyclic amines) is 1. The number of hydrogen-bond donors (Lipinski definition) is 0. The van der Waals surface area contributed by atoms with Crippen LogP contribution in [0.25, 0.3) is 0 Å². The molecular formula is C12H17N3O2S. The number of hydrogen-bond acceptors (Lipinski definition) is 4. The van der Waals surface area contributed by atoms with Gasteiger partial charge in [-0.25, -0.2) is 0 Å². The molecule has 0 aromatic carbocycles. The van der Waals surface area contributed by atoms with Gasteiger partial charge >= 0.3 is 0 Å². The lowest BCUT2D eigenvalue weighted by Crippen LogP contribution is -2.60. The molecule has 1 aromatic rings. The van der Waals surface area contributed by atoms with Crippen molar-refractivity contribution in [2.75, 3.05) is 26.0 Å². The number of methoxy groups -OCH3 is 1. The van der Waals surface area contributed by atoms with Crippen LogP contribution in [-0.4, -0.2) is 57.4 Å². The average molecular weight is 267 g/mol. The van der Waals surface area contributed by atoms with E-state index in [-0.39, 0.29) is 10.7 Å². The molecule has 3 heterocycles. The largest absolute Gasteiger partial charge is 0.381 e. The Balaban J connectivity index is 1.61. The number of ether oxygens (including phenoxy) is 1. The minimum atomic E-state index is 0.0442. The minimum Gasteiger partial charge on any atom is -0.381 e. The van der Waals surface area contributed by atoms with Crippen LogP contribution in [-0.2, 0) is 11.8 Å². The highest BCUT2D eigenvalue weighted by Crippen LogP contribution is 2.46. The van der Waals surface area contributed by atoms with Crippen molar-refractivity contribution in [2.45, 2.75) is 17.3 Å². The molecule has 2 aliphatic rings. The fraction of sp³-hybridized carbons (Fsp3) is 0.667. The van der Waals surface area contributed by atoms with Crippen LogP contribution in [0, 0.1) is 0 Å². The van der Waals surface area contributed by atoms with Crippen LogP contribution in [0.3, 0.4) is 0 Å². The zero-order valence-corrected chi connectivity index (χ0v) is 11.4. The van der Waals surface area contributed by atoms with Gasteiger partial charge in [0.15, 0.2) is 0 Å². The van der Waals surface area contributed by atoms with Crippen molar-refractivity contribution in [2.24, 2.45) is 7.05 Å². The summed E-state index contributed by atoms with van der Waals surface area (Å²) in [5.74, 6) is 1.09. The summed E-state index contributed by atoms with van der Waals surface area (Å²) in [4.78, 5) is 14.0. The van der Waals surface area contributed by atoms with E-state index in [0.717, 1.165) is 25.3 Å². The number of carbonyl (C=O) groups is 1. The quantitative estimate of drug-likeness (QED) is 0.794. The van der Waals surface area contributed by atoms with Crippen molar-refractivity contribution in [3.05, 3.63) is 18.0 Å². The van der Waals surface area contributed by atoms with Crippen LogP contribution in [0.4, 0.5) is 0 Å². The molecule has 1 aromatic heterocycles. The Kier molecular flexibility index (Phi) is 2.86. The smallest absolute Gasteiger partial charge is 0.274 e. The van der Waals surface area contributed by atoms with Gasteiger partial charge in [0, 0.05) is 39.2 Å². The first-order chi connectivity index (χ1) is 8.62. The van der Waals surface area contributed by atoms with Crippen LogP contribution in [0.1, 0.15) is 16.9 Å². The third-order valence-corrected chi connectivity index (χ3v) is 5.26. The molecular weight excluding hydrogens is 250 g/mol. The maximum absolute atomic E-state index is 12.1. The molecule has 2 saturated heterocycles. The topological polar surface area (TPSA) is 47.4 Å². The molecule has 0 unspecified atom stereocenters. The second-order valence-corrected chi connectivity index (χ2v) is 6.58. The van der Waals surface area contributed by atoms with Crippen LogP contribution < -0.4 is 0 Å². The number of amides is 1. The molecule has 98 valence electrons. The van der Waals surface area contributed by atoms with Gasteiger partial charge in [-0.2, -0.15) is 5.10 Å². The van der Waals surface area contributed by atoms with E-state index in [0.29, 0.717) is 11.8 Å². The number of aromatic nitrogens is 2. The number of carbonyl (C=O) groups excluding carboxylic acids is 1. The van der Waals surface area contributed by atoms with E-state index in [1.54, 1.807) is 24.1 Å². The minimum absolute atomic E-state index is 0.0442. The SMILES string of the molecule is CO[C@@H]1CSC2(C1)CN(C(=O)c1ccn(C)n1)C2. The van der Waals surface area contributed by atoms with Gasteiger partial charge in [0.2, 0.25) is 0 Å². The lowest BCUT2D eigenvalue weighted by atomic mass is 9.92. The van der Waals surface area contributed by atoms with E-state index in [2.05, 4.69) is 5.10 Å². The van der Waals surface area contributed by atoms with Gasteiger partial charge < -0.3 is 9.64 Å². The van der Waals surface area contributed by atoms with Crippen LogP contribution in [0.5, 0.6) is 0 Å². The summed E-state index contributed by atoms with van der Waals surface area (Å²) in [7, 11) is 3.59. The Bertz CT molecular complexity index is 468. The molecule has 1 spiro atoms. The van der Waals surface area contributed by atoms with Gasteiger partial charge in [0.05, 0.1) is 10.9 Å². The van der Waals surface area contributed by atoms with Gasteiger partial charge in [0.1, 0.15) is 5.69 Å². The van der Waals surface area contributed by atoms with E-state index in [9.17, 15) is 4.79 Å². The van der Waals surface area contributed by atoms with Crippen molar-refractivity contribution in [3.63, 3.8) is 0 Å². The number of rotatable bonds is 2. The highest BCUT2D eigenvalue weighted by atomic mass is 32.2. The van der Waals surface area contributed by atoms with Gasteiger partial charge in [-0.3, -0.25) is 9.48 Å². The van der Waals surface area contributed by atoms with Gasteiger partial charge in [-0.15, -0.1) is 11.8 Å². The first-order valence-corrected chi connectivity index (χ1v) is 7.06. The third-order valence-electron chi connectivity index (χ3n) is 3.69. The second-order valence-electron chi connectivity index (χ2n) is 5.09. The Morgan fingerprint density at radius 2 is 2.39 bits per heavy atom. The van der Waals surface area contributed by atoms with Gasteiger partial charge in [0.25, 0.3) is 5.91 Å². The van der Waals surface area contributed by atoms with Crippen molar-refractivity contribution in [1.29, 1.82) is 0 Å². The highest BCUT2D eigenvalue weighted by molar-refractivity contribution is 8.01. The molecule has 3 rings (SSSR count). The Labute approximate surface area is 110 Å². The monoisotopic (exact) mass is 267 g/mol. The summed E-state index contributed by atoms with van der Waals surface area (Å²) < 4.78 is 7.29. The van der Waals surface area contributed by atoms with Crippen molar-refractivity contribution >= 4 is 17.7 Å². The fourth-order valence-electron chi connectivity index (χ4n) is 2.66. The molecule has 2 aliphatic heterocycles. The van der Waals surface area contributed by atoms with Gasteiger partial charge in [-0.05, 0) is 12.5 Å². The number of nitrogens with zero attached hydrogens (tertiary/aromatic N) is 3. The van der Waals surface area contributed by atoms with Crippen LogP contribution in [0.15, 0.2) is 12.3 Å². The van der Waals surface area contributed by atoms with E-state index in [1.165, 1.54) is 0 Å². The van der Waals surface area contributed by atoms with Crippen molar-refractivity contribution < 1.29 is 9.53 Å². The summed E-state index contributed by atoms with van der Waals surface area (Å²) in [6.45, 7) is 1.65. The number of thioether (sulfide) groups is 1. The molecule has 1 amide bonds. The summed E-state index contributed by atoms with van der Waals surface area (Å²) in [6.07, 6.45) is 3.20. The zero-order chi connectivity index (χ0) is 12.8. The van der Waals surface area contributed by atoms with Crippen LogP contribution in [0.2, 0.25) is 0 Å². The first-order valence-electron chi connectivity index (χ1n) is 6.08.